The smallest absolute Gasteiger partial charge is 0.137 e. The number of hydrogen-bond donors (Lipinski definition) is 1. The highest BCUT2D eigenvalue weighted by Gasteiger charge is 2.12. The first kappa shape index (κ1) is 9.19. The number of rotatable bonds is 4. The number of nitrogens with zero attached hydrogens (tertiary/aromatic N) is 3. The van der Waals surface area contributed by atoms with Gasteiger partial charge in [0.15, 0.2) is 0 Å². The molecule has 0 aliphatic heterocycles. The van der Waals surface area contributed by atoms with E-state index in [-0.39, 0.29) is 6.10 Å². The summed E-state index contributed by atoms with van der Waals surface area (Å²) in [5, 5.41) is 13.5. The molecule has 0 saturated carbocycles. The molecule has 0 radical (unpaired) electrons. The third-order valence-corrected chi connectivity index (χ3v) is 2.14. The molecule has 0 amide bonds. The molecule has 0 fully saturated rings. The van der Waals surface area contributed by atoms with Crippen molar-refractivity contribution in [3.63, 3.8) is 0 Å². The standard InChI is InChI=1S/C8H15N3O/c1-3-7(2)8(12)4-11-6-9-5-10-11/h5-8,12H,3-4H2,1-2H3. The van der Waals surface area contributed by atoms with E-state index >= 15 is 0 Å². The fourth-order valence-corrected chi connectivity index (χ4v) is 0.971. The SMILES string of the molecule is CCC(C)C(O)Cn1cncn1. The zero-order chi connectivity index (χ0) is 8.97. The van der Waals surface area contributed by atoms with Gasteiger partial charge in [0.2, 0.25) is 0 Å². The van der Waals surface area contributed by atoms with Crippen LogP contribution in [-0.2, 0) is 6.54 Å². The lowest BCUT2D eigenvalue weighted by Crippen LogP contribution is -2.23. The maximum atomic E-state index is 9.60. The van der Waals surface area contributed by atoms with Crippen molar-refractivity contribution < 1.29 is 5.11 Å². The first-order chi connectivity index (χ1) is 5.74. The van der Waals surface area contributed by atoms with Crippen LogP contribution in [0.1, 0.15) is 20.3 Å². The van der Waals surface area contributed by atoms with E-state index in [4.69, 9.17) is 0 Å². The normalized spacial score (nSPS) is 15.9. The van der Waals surface area contributed by atoms with Gasteiger partial charge in [-0.3, -0.25) is 4.68 Å². The first-order valence-corrected chi connectivity index (χ1v) is 4.24. The van der Waals surface area contributed by atoms with Crippen molar-refractivity contribution in [2.45, 2.75) is 32.9 Å². The Bertz CT molecular complexity index is 210. The minimum atomic E-state index is -0.323. The molecule has 0 aliphatic carbocycles. The van der Waals surface area contributed by atoms with E-state index in [1.54, 1.807) is 11.0 Å². The Morgan fingerprint density at radius 1 is 1.58 bits per heavy atom. The van der Waals surface area contributed by atoms with Crippen LogP contribution in [0.3, 0.4) is 0 Å². The molecule has 1 aromatic rings. The van der Waals surface area contributed by atoms with Crippen molar-refractivity contribution >= 4 is 0 Å². The summed E-state index contributed by atoms with van der Waals surface area (Å²) in [5.74, 6) is 0.314. The Hall–Kier alpha value is -0.900. The summed E-state index contributed by atoms with van der Waals surface area (Å²) >= 11 is 0. The number of aliphatic hydroxyl groups is 1. The summed E-state index contributed by atoms with van der Waals surface area (Å²) in [6.45, 7) is 4.63. The molecule has 4 heteroatoms. The second kappa shape index (κ2) is 4.21. The third kappa shape index (κ3) is 2.30. The molecule has 1 aromatic heterocycles. The van der Waals surface area contributed by atoms with Crippen LogP contribution in [0, 0.1) is 5.92 Å². The predicted molar refractivity (Wildman–Crippen MR) is 45.5 cm³/mol. The highest BCUT2D eigenvalue weighted by atomic mass is 16.3. The van der Waals surface area contributed by atoms with Crippen LogP contribution in [0.2, 0.25) is 0 Å². The molecule has 0 bridgehead atoms. The van der Waals surface area contributed by atoms with E-state index < -0.39 is 0 Å². The molecule has 1 rings (SSSR count). The van der Waals surface area contributed by atoms with Crippen molar-refractivity contribution in [2.24, 2.45) is 5.92 Å². The second-order valence-electron chi connectivity index (χ2n) is 3.07. The lowest BCUT2D eigenvalue weighted by molar-refractivity contribution is 0.0928. The zero-order valence-corrected chi connectivity index (χ0v) is 7.51. The second-order valence-corrected chi connectivity index (χ2v) is 3.07. The highest BCUT2D eigenvalue weighted by molar-refractivity contribution is 4.65. The summed E-state index contributed by atoms with van der Waals surface area (Å²) in [4.78, 5) is 3.80. The highest BCUT2D eigenvalue weighted by Crippen LogP contribution is 2.08. The van der Waals surface area contributed by atoms with Crippen LogP contribution >= 0.6 is 0 Å². The summed E-state index contributed by atoms with van der Waals surface area (Å²) in [7, 11) is 0. The molecule has 2 atom stereocenters. The number of aromatic nitrogens is 3. The molecular formula is C8H15N3O. The van der Waals surface area contributed by atoms with Gasteiger partial charge < -0.3 is 5.11 Å². The van der Waals surface area contributed by atoms with E-state index in [9.17, 15) is 5.11 Å². The molecule has 0 saturated heterocycles. The lowest BCUT2D eigenvalue weighted by atomic mass is 10.0. The molecule has 0 aliphatic rings. The van der Waals surface area contributed by atoms with Gasteiger partial charge in [-0.2, -0.15) is 5.10 Å². The largest absolute Gasteiger partial charge is 0.391 e. The van der Waals surface area contributed by atoms with Gasteiger partial charge in [-0.15, -0.1) is 0 Å². The average molecular weight is 169 g/mol. The quantitative estimate of drug-likeness (QED) is 0.721. The van der Waals surface area contributed by atoms with Crippen LogP contribution in [0.5, 0.6) is 0 Å². The van der Waals surface area contributed by atoms with Crippen LogP contribution in [-0.4, -0.2) is 26.0 Å². The van der Waals surface area contributed by atoms with Crippen molar-refractivity contribution in [1.29, 1.82) is 0 Å². The maximum absolute atomic E-state index is 9.60. The van der Waals surface area contributed by atoms with Crippen LogP contribution in [0.15, 0.2) is 12.7 Å². The summed E-state index contributed by atoms with van der Waals surface area (Å²) in [6.07, 6.45) is 3.75. The van der Waals surface area contributed by atoms with Crippen molar-refractivity contribution in [1.82, 2.24) is 14.8 Å². The Labute approximate surface area is 72.2 Å². The molecule has 4 nitrogen and oxygen atoms in total. The Morgan fingerprint density at radius 3 is 2.83 bits per heavy atom. The molecule has 1 N–H and O–H groups in total. The summed E-state index contributed by atoms with van der Waals surface area (Å²) in [5.41, 5.74) is 0. The molecule has 0 aromatic carbocycles. The van der Waals surface area contributed by atoms with Gasteiger partial charge in [-0.1, -0.05) is 20.3 Å². The maximum Gasteiger partial charge on any atom is 0.137 e. The molecule has 12 heavy (non-hydrogen) atoms. The third-order valence-electron chi connectivity index (χ3n) is 2.14. The monoisotopic (exact) mass is 169 g/mol. The topological polar surface area (TPSA) is 50.9 Å². The van der Waals surface area contributed by atoms with Gasteiger partial charge in [0.05, 0.1) is 12.6 Å². The Kier molecular flexibility index (Phi) is 3.22. The van der Waals surface area contributed by atoms with E-state index in [0.717, 1.165) is 6.42 Å². The number of aliphatic hydroxyl groups excluding tert-OH is 1. The van der Waals surface area contributed by atoms with Gasteiger partial charge in [0.1, 0.15) is 12.7 Å². The van der Waals surface area contributed by atoms with Crippen LogP contribution < -0.4 is 0 Å². The average Bonchev–Trinajstić information content (AvgIpc) is 2.55. The Balaban J connectivity index is 2.41. The van der Waals surface area contributed by atoms with E-state index in [2.05, 4.69) is 17.0 Å². The molecule has 0 spiro atoms. The molecule has 2 unspecified atom stereocenters. The Morgan fingerprint density at radius 2 is 2.33 bits per heavy atom. The van der Waals surface area contributed by atoms with Crippen molar-refractivity contribution in [3.05, 3.63) is 12.7 Å². The fraction of sp³-hybridized carbons (Fsp3) is 0.750. The van der Waals surface area contributed by atoms with Gasteiger partial charge in [0.25, 0.3) is 0 Å². The van der Waals surface area contributed by atoms with Gasteiger partial charge in [0, 0.05) is 0 Å². The summed E-state index contributed by atoms with van der Waals surface area (Å²) in [6, 6.07) is 0. The van der Waals surface area contributed by atoms with E-state index in [1.165, 1.54) is 6.33 Å². The molecular weight excluding hydrogens is 154 g/mol. The van der Waals surface area contributed by atoms with E-state index in [0.29, 0.717) is 12.5 Å². The minimum Gasteiger partial charge on any atom is -0.391 e. The fourth-order valence-electron chi connectivity index (χ4n) is 0.971. The van der Waals surface area contributed by atoms with Crippen LogP contribution in [0.25, 0.3) is 0 Å². The molecule has 1 heterocycles. The van der Waals surface area contributed by atoms with Gasteiger partial charge in [-0.25, -0.2) is 4.98 Å². The van der Waals surface area contributed by atoms with Crippen molar-refractivity contribution in [3.8, 4) is 0 Å². The van der Waals surface area contributed by atoms with Crippen LogP contribution in [0.4, 0.5) is 0 Å². The predicted octanol–water partition coefficient (Wildman–Crippen LogP) is 0.685. The lowest BCUT2D eigenvalue weighted by Gasteiger charge is -2.16. The summed E-state index contributed by atoms with van der Waals surface area (Å²) < 4.78 is 1.65. The van der Waals surface area contributed by atoms with E-state index in [1.807, 2.05) is 6.92 Å². The van der Waals surface area contributed by atoms with Crippen molar-refractivity contribution in [2.75, 3.05) is 0 Å². The molecule has 68 valence electrons. The van der Waals surface area contributed by atoms with Gasteiger partial charge >= 0.3 is 0 Å². The minimum absolute atomic E-state index is 0.314. The number of hydrogen-bond acceptors (Lipinski definition) is 3. The first-order valence-electron chi connectivity index (χ1n) is 4.24. The van der Waals surface area contributed by atoms with Gasteiger partial charge in [-0.05, 0) is 5.92 Å². The zero-order valence-electron chi connectivity index (χ0n) is 7.51.